The van der Waals surface area contributed by atoms with E-state index in [2.05, 4.69) is 35.9 Å². The zero-order valence-corrected chi connectivity index (χ0v) is 18.8. The average Bonchev–Trinajstić information content (AvgIpc) is 3.44. The third-order valence-corrected chi connectivity index (χ3v) is 5.46. The van der Waals surface area contributed by atoms with E-state index in [1.807, 2.05) is 72.2 Å². The fourth-order valence-electron chi connectivity index (χ4n) is 3.80. The van der Waals surface area contributed by atoms with Crippen LogP contribution in [0.1, 0.15) is 24.4 Å². The van der Waals surface area contributed by atoms with Crippen molar-refractivity contribution in [1.29, 1.82) is 0 Å². The largest absolute Gasteiger partial charge is 0.349 e. The molecule has 1 aromatic carbocycles. The molecule has 34 heavy (non-hydrogen) atoms. The molecule has 0 aliphatic rings. The summed E-state index contributed by atoms with van der Waals surface area (Å²) in [4.78, 5) is 20.7. The maximum Gasteiger partial charge on any atom is 0.228 e. The van der Waals surface area contributed by atoms with Crippen LogP contribution in [0.5, 0.6) is 0 Å². The molecule has 0 fully saturated rings. The molecule has 5 rings (SSSR count). The fraction of sp³-hybridized carbons (Fsp3) is 0.167. The number of pyridine rings is 1. The van der Waals surface area contributed by atoms with Gasteiger partial charge in [0.25, 0.3) is 0 Å². The van der Waals surface area contributed by atoms with Crippen LogP contribution in [0.25, 0.3) is 16.9 Å². The van der Waals surface area contributed by atoms with Crippen molar-refractivity contribution < 1.29 is 4.79 Å². The van der Waals surface area contributed by atoms with E-state index in [1.54, 1.807) is 17.1 Å². The van der Waals surface area contributed by atoms with Crippen LogP contribution in [0.4, 0.5) is 11.8 Å². The van der Waals surface area contributed by atoms with Crippen LogP contribution in [0.3, 0.4) is 0 Å². The highest BCUT2D eigenvalue weighted by Gasteiger charge is 2.17. The number of anilines is 2. The minimum absolute atomic E-state index is 0.0933. The molecule has 0 spiro atoms. The predicted molar refractivity (Wildman–Crippen MR) is 127 cm³/mol. The molecule has 1 unspecified atom stereocenters. The number of nitrogens with one attached hydrogen (secondary N) is 2. The van der Waals surface area contributed by atoms with Gasteiger partial charge in [0.1, 0.15) is 11.6 Å². The van der Waals surface area contributed by atoms with E-state index in [0.717, 1.165) is 28.5 Å². The number of hydrogen-bond acceptors (Lipinski definition) is 7. The maximum absolute atomic E-state index is 11.8. The van der Waals surface area contributed by atoms with Crippen molar-refractivity contribution in [3.63, 3.8) is 0 Å². The van der Waals surface area contributed by atoms with Crippen LogP contribution in [-0.2, 0) is 18.3 Å². The number of nitrogens with zero attached hydrogens (tertiary/aromatic N) is 7. The Bertz CT molecular complexity index is 1440. The number of amides is 1. The zero-order valence-electron chi connectivity index (χ0n) is 18.8. The molecule has 1 amide bonds. The lowest BCUT2D eigenvalue weighted by Crippen LogP contribution is -2.28. The van der Waals surface area contributed by atoms with Gasteiger partial charge in [0, 0.05) is 44.4 Å². The van der Waals surface area contributed by atoms with Gasteiger partial charge in [0.2, 0.25) is 11.9 Å². The van der Waals surface area contributed by atoms with Crippen molar-refractivity contribution in [2.24, 2.45) is 7.05 Å². The number of rotatable bonds is 7. The Kier molecular flexibility index (Phi) is 5.69. The smallest absolute Gasteiger partial charge is 0.228 e. The van der Waals surface area contributed by atoms with Crippen LogP contribution in [0.2, 0.25) is 0 Å². The van der Waals surface area contributed by atoms with E-state index in [0.29, 0.717) is 18.0 Å². The van der Waals surface area contributed by atoms with Gasteiger partial charge in [-0.25, -0.2) is 9.97 Å². The molecule has 4 aromatic heterocycles. The lowest BCUT2D eigenvalue weighted by molar-refractivity contribution is -0.119. The summed E-state index contributed by atoms with van der Waals surface area (Å²) in [5.41, 5.74) is 3.36. The quantitative estimate of drug-likeness (QED) is 0.389. The summed E-state index contributed by atoms with van der Waals surface area (Å²) in [6, 6.07) is 17.2. The molecule has 0 saturated carbocycles. The molecule has 0 radical (unpaired) electrons. The van der Waals surface area contributed by atoms with Crippen molar-refractivity contribution in [3.05, 3.63) is 84.6 Å². The molecule has 4 heterocycles. The zero-order chi connectivity index (χ0) is 23.5. The normalized spacial score (nSPS) is 11.9. The standard InChI is InChI=1S/C24H23N9O/c1-16(34)27-20(17-6-4-3-5-7-17)15-23-31-30-22-14-18(10-13-33(22)23)19-8-11-25-24(28-19)29-21-9-12-26-32(21)2/h3-14,20H,15H2,1-2H3,(H,27,34)(H,25,28,29). The first kappa shape index (κ1) is 21.3. The first-order valence-corrected chi connectivity index (χ1v) is 10.8. The van der Waals surface area contributed by atoms with Crippen molar-refractivity contribution in [1.82, 2.24) is 39.7 Å². The van der Waals surface area contributed by atoms with Gasteiger partial charge in [-0.3, -0.25) is 13.9 Å². The van der Waals surface area contributed by atoms with E-state index in [1.165, 1.54) is 6.92 Å². The molecule has 5 aromatic rings. The summed E-state index contributed by atoms with van der Waals surface area (Å²) in [6.45, 7) is 1.52. The van der Waals surface area contributed by atoms with E-state index in [4.69, 9.17) is 0 Å². The molecular weight excluding hydrogens is 430 g/mol. The predicted octanol–water partition coefficient (Wildman–Crippen LogP) is 3.08. The highest BCUT2D eigenvalue weighted by atomic mass is 16.1. The number of benzene rings is 1. The van der Waals surface area contributed by atoms with Gasteiger partial charge in [-0.2, -0.15) is 5.10 Å². The minimum Gasteiger partial charge on any atom is -0.349 e. The molecule has 10 nitrogen and oxygen atoms in total. The van der Waals surface area contributed by atoms with Gasteiger partial charge in [0.15, 0.2) is 5.65 Å². The van der Waals surface area contributed by atoms with Crippen molar-refractivity contribution in [2.75, 3.05) is 5.32 Å². The first-order chi connectivity index (χ1) is 16.6. The summed E-state index contributed by atoms with van der Waals surface area (Å²) in [7, 11) is 1.84. The summed E-state index contributed by atoms with van der Waals surface area (Å²) in [6.07, 6.45) is 5.85. The van der Waals surface area contributed by atoms with Crippen molar-refractivity contribution >= 4 is 23.3 Å². The van der Waals surface area contributed by atoms with Crippen LogP contribution < -0.4 is 10.6 Å². The second-order valence-corrected chi connectivity index (χ2v) is 7.86. The van der Waals surface area contributed by atoms with Gasteiger partial charge in [-0.15, -0.1) is 10.2 Å². The Labute approximate surface area is 195 Å². The number of carbonyl (C=O) groups is 1. The minimum atomic E-state index is -0.201. The van der Waals surface area contributed by atoms with Crippen LogP contribution in [0.15, 0.2) is 73.2 Å². The summed E-state index contributed by atoms with van der Waals surface area (Å²) in [5.74, 6) is 1.93. The third-order valence-electron chi connectivity index (χ3n) is 5.46. The Morgan fingerprint density at radius 3 is 2.68 bits per heavy atom. The Balaban J connectivity index is 1.41. The van der Waals surface area contributed by atoms with Gasteiger partial charge < -0.3 is 10.6 Å². The summed E-state index contributed by atoms with van der Waals surface area (Å²) < 4.78 is 3.64. The molecule has 170 valence electrons. The molecule has 0 bridgehead atoms. The number of carbonyl (C=O) groups excluding carboxylic acids is 1. The molecular formula is C24H23N9O. The second kappa shape index (κ2) is 9.10. The van der Waals surface area contributed by atoms with E-state index in [-0.39, 0.29) is 11.9 Å². The molecule has 2 N–H and O–H groups in total. The third kappa shape index (κ3) is 4.46. The van der Waals surface area contributed by atoms with Gasteiger partial charge in [-0.05, 0) is 23.8 Å². The fourth-order valence-corrected chi connectivity index (χ4v) is 3.80. The van der Waals surface area contributed by atoms with Gasteiger partial charge in [0.05, 0.1) is 17.9 Å². The molecule has 10 heteroatoms. The summed E-state index contributed by atoms with van der Waals surface area (Å²) in [5, 5.41) is 19.1. The number of fused-ring (bicyclic) bond motifs is 1. The molecule has 0 saturated heterocycles. The monoisotopic (exact) mass is 453 g/mol. The average molecular weight is 454 g/mol. The van der Waals surface area contributed by atoms with Crippen LogP contribution in [0, 0.1) is 0 Å². The molecule has 0 aliphatic heterocycles. The number of aryl methyl sites for hydroxylation is 1. The lowest BCUT2D eigenvalue weighted by atomic mass is 10.0. The van der Waals surface area contributed by atoms with E-state index >= 15 is 0 Å². The SMILES string of the molecule is CC(=O)NC(Cc1nnc2cc(-c3ccnc(Nc4ccnn4C)n3)ccn12)c1ccccc1. The lowest BCUT2D eigenvalue weighted by Gasteiger charge is -2.17. The Morgan fingerprint density at radius 1 is 1.06 bits per heavy atom. The van der Waals surface area contributed by atoms with Crippen molar-refractivity contribution in [3.8, 4) is 11.3 Å². The topological polar surface area (TPSA) is 115 Å². The highest BCUT2D eigenvalue weighted by molar-refractivity contribution is 5.73. The Hall–Kier alpha value is -4.60. The van der Waals surface area contributed by atoms with Crippen LogP contribution >= 0.6 is 0 Å². The van der Waals surface area contributed by atoms with Crippen LogP contribution in [-0.4, -0.2) is 40.3 Å². The maximum atomic E-state index is 11.8. The Morgan fingerprint density at radius 2 is 1.91 bits per heavy atom. The van der Waals surface area contributed by atoms with E-state index in [9.17, 15) is 4.79 Å². The highest BCUT2D eigenvalue weighted by Crippen LogP contribution is 2.23. The molecule has 0 aliphatic carbocycles. The van der Waals surface area contributed by atoms with Gasteiger partial charge >= 0.3 is 0 Å². The van der Waals surface area contributed by atoms with Crippen molar-refractivity contribution in [2.45, 2.75) is 19.4 Å². The summed E-state index contributed by atoms with van der Waals surface area (Å²) >= 11 is 0. The molecule has 1 atom stereocenters. The number of aromatic nitrogens is 7. The van der Waals surface area contributed by atoms with Gasteiger partial charge in [-0.1, -0.05) is 30.3 Å². The second-order valence-electron chi connectivity index (χ2n) is 7.86. The van der Waals surface area contributed by atoms with E-state index < -0.39 is 0 Å². The first-order valence-electron chi connectivity index (χ1n) is 10.8. The number of hydrogen-bond donors (Lipinski definition) is 2.